The van der Waals surface area contributed by atoms with Crippen molar-refractivity contribution in [3.8, 4) is 11.8 Å². The highest BCUT2D eigenvalue weighted by Gasteiger charge is 2.23. The Labute approximate surface area is 171 Å². The third-order valence-electron chi connectivity index (χ3n) is 4.73. The number of esters is 1. The first-order valence-corrected chi connectivity index (χ1v) is 10.1. The van der Waals surface area contributed by atoms with Crippen molar-refractivity contribution in [2.45, 2.75) is 19.3 Å². The standard InChI is InChI=1S/C22H18N2O4S/c23-11-18-17-6-3-7-19(17)29-22(18)24-20(25)12-28-21(26)13-27-16-9-8-14-4-1-2-5-15(14)10-16/h1-2,4-5,8-10H,3,6-7,12-13H2,(H,24,25). The predicted octanol–water partition coefficient (Wildman–Crippen LogP) is 3.82. The number of thiophene rings is 1. The van der Waals surface area contributed by atoms with Gasteiger partial charge in [-0.15, -0.1) is 11.3 Å². The summed E-state index contributed by atoms with van der Waals surface area (Å²) in [6.45, 7) is -0.713. The normalized spacial score (nSPS) is 12.2. The molecule has 1 N–H and O–H groups in total. The molecular formula is C22H18N2O4S. The Morgan fingerprint density at radius 2 is 1.93 bits per heavy atom. The largest absolute Gasteiger partial charge is 0.482 e. The minimum atomic E-state index is -0.637. The average Bonchev–Trinajstić information content (AvgIpc) is 3.31. The summed E-state index contributed by atoms with van der Waals surface area (Å²) >= 11 is 1.42. The van der Waals surface area contributed by atoms with E-state index in [1.54, 1.807) is 6.07 Å². The van der Waals surface area contributed by atoms with Crippen LogP contribution >= 0.6 is 11.3 Å². The van der Waals surface area contributed by atoms with Gasteiger partial charge in [-0.05, 0) is 47.7 Å². The van der Waals surface area contributed by atoms with Crippen LogP contribution in [0.3, 0.4) is 0 Å². The summed E-state index contributed by atoms with van der Waals surface area (Å²) in [7, 11) is 0. The summed E-state index contributed by atoms with van der Waals surface area (Å²) in [4.78, 5) is 25.1. The highest BCUT2D eigenvalue weighted by Crippen LogP contribution is 2.38. The molecule has 0 saturated carbocycles. The number of ether oxygens (including phenoxy) is 2. The number of benzene rings is 2. The molecule has 0 aliphatic heterocycles. The molecule has 1 amide bonds. The molecule has 0 radical (unpaired) electrons. The highest BCUT2D eigenvalue weighted by molar-refractivity contribution is 7.16. The van der Waals surface area contributed by atoms with E-state index in [9.17, 15) is 14.9 Å². The van der Waals surface area contributed by atoms with Crippen LogP contribution in [0.1, 0.15) is 22.4 Å². The van der Waals surface area contributed by atoms with Crippen LogP contribution in [0.4, 0.5) is 5.00 Å². The van der Waals surface area contributed by atoms with Crippen LogP contribution in [0, 0.1) is 11.3 Å². The predicted molar refractivity (Wildman–Crippen MR) is 110 cm³/mol. The summed E-state index contributed by atoms with van der Waals surface area (Å²) in [5.74, 6) is -0.556. The van der Waals surface area contributed by atoms with Gasteiger partial charge in [0.1, 0.15) is 16.8 Å². The topological polar surface area (TPSA) is 88.4 Å². The van der Waals surface area contributed by atoms with Gasteiger partial charge < -0.3 is 14.8 Å². The van der Waals surface area contributed by atoms with Crippen molar-refractivity contribution in [2.75, 3.05) is 18.5 Å². The maximum absolute atomic E-state index is 12.1. The molecule has 0 fully saturated rings. The molecule has 146 valence electrons. The molecule has 0 saturated heterocycles. The zero-order valence-corrected chi connectivity index (χ0v) is 16.4. The first kappa shape index (κ1) is 19.0. The molecule has 1 aromatic heterocycles. The Morgan fingerprint density at radius 1 is 1.10 bits per heavy atom. The summed E-state index contributed by atoms with van der Waals surface area (Å²) in [6, 6.07) is 15.5. The van der Waals surface area contributed by atoms with Gasteiger partial charge in [0.15, 0.2) is 13.2 Å². The molecule has 1 aliphatic rings. The lowest BCUT2D eigenvalue weighted by Crippen LogP contribution is -2.23. The number of nitrogens with one attached hydrogen (secondary N) is 1. The number of aryl methyl sites for hydroxylation is 1. The van der Waals surface area contributed by atoms with E-state index in [0.29, 0.717) is 16.3 Å². The summed E-state index contributed by atoms with van der Waals surface area (Å²) < 4.78 is 10.4. The van der Waals surface area contributed by atoms with Crippen LogP contribution < -0.4 is 10.1 Å². The Morgan fingerprint density at radius 3 is 2.76 bits per heavy atom. The number of carbonyl (C=O) groups is 2. The Bertz CT molecular complexity index is 1130. The van der Waals surface area contributed by atoms with Gasteiger partial charge in [0.2, 0.25) is 0 Å². The third kappa shape index (κ3) is 4.23. The number of carbonyl (C=O) groups excluding carboxylic acids is 2. The van der Waals surface area contributed by atoms with Crippen LogP contribution in [0.25, 0.3) is 10.8 Å². The highest BCUT2D eigenvalue weighted by atomic mass is 32.1. The van der Waals surface area contributed by atoms with Crippen molar-refractivity contribution in [1.29, 1.82) is 5.26 Å². The monoisotopic (exact) mass is 406 g/mol. The number of hydrogen-bond donors (Lipinski definition) is 1. The number of fused-ring (bicyclic) bond motifs is 2. The fraction of sp³-hybridized carbons (Fsp3) is 0.227. The van der Waals surface area contributed by atoms with Crippen molar-refractivity contribution >= 4 is 39.0 Å². The second kappa shape index (κ2) is 8.33. The number of hydrogen-bond acceptors (Lipinski definition) is 6. The van der Waals surface area contributed by atoms with Crippen molar-refractivity contribution in [3.05, 3.63) is 58.5 Å². The molecule has 0 bridgehead atoms. The summed E-state index contributed by atoms with van der Waals surface area (Å²) in [5, 5.41) is 14.6. The maximum Gasteiger partial charge on any atom is 0.344 e. The van der Waals surface area contributed by atoms with E-state index in [2.05, 4.69) is 11.4 Å². The molecule has 0 atom stereocenters. The number of nitriles is 1. The number of nitrogens with zero attached hydrogens (tertiary/aromatic N) is 1. The molecule has 29 heavy (non-hydrogen) atoms. The van der Waals surface area contributed by atoms with Gasteiger partial charge in [0, 0.05) is 4.88 Å². The molecule has 6 nitrogen and oxygen atoms in total. The molecule has 1 aliphatic carbocycles. The lowest BCUT2D eigenvalue weighted by Gasteiger charge is -2.08. The van der Waals surface area contributed by atoms with Crippen molar-refractivity contribution < 1.29 is 19.1 Å². The quantitative estimate of drug-likeness (QED) is 0.629. The van der Waals surface area contributed by atoms with Crippen LogP contribution in [-0.4, -0.2) is 25.1 Å². The van der Waals surface area contributed by atoms with Crippen LogP contribution in [-0.2, 0) is 27.2 Å². The van der Waals surface area contributed by atoms with E-state index in [1.807, 2.05) is 36.4 Å². The zero-order valence-electron chi connectivity index (χ0n) is 15.6. The van der Waals surface area contributed by atoms with E-state index in [-0.39, 0.29) is 6.61 Å². The molecular weight excluding hydrogens is 388 g/mol. The number of amides is 1. The van der Waals surface area contributed by atoms with Crippen molar-refractivity contribution in [1.82, 2.24) is 0 Å². The molecule has 3 aromatic rings. The second-order valence-corrected chi connectivity index (χ2v) is 7.78. The first-order chi connectivity index (χ1) is 14.1. The summed E-state index contributed by atoms with van der Waals surface area (Å²) in [6.07, 6.45) is 2.84. The maximum atomic E-state index is 12.1. The van der Waals surface area contributed by atoms with Crippen LogP contribution in [0.5, 0.6) is 5.75 Å². The summed E-state index contributed by atoms with van der Waals surface area (Å²) in [5.41, 5.74) is 1.57. The fourth-order valence-electron chi connectivity index (χ4n) is 3.36. The van der Waals surface area contributed by atoms with E-state index < -0.39 is 18.5 Å². The van der Waals surface area contributed by atoms with Crippen molar-refractivity contribution in [2.24, 2.45) is 0 Å². The Hall–Kier alpha value is -3.37. The Balaban J connectivity index is 1.27. The van der Waals surface area contributed by atoms with E-state index in [1.165, 1.54) is 11.3 Å². The van der Waals surface area contributed by atoms with Crippen LogP contribution in [0.2, 0.25) is 0 Å². The van der Waals surface area contributed by atoms with Gasteiger partial charge >= 0.3 is 5.97 Å². The van der Waals surface area contributed by atoms with Crippen LogP contribution in [0.15, 0.2) is 42.5 Å². The van der Waals surface area contributed by atoms with E-state index >= 15 is 0 Å². The molecule has 4 rings (SSSR count). The smallest absolute Gasteiger partial charge is 0.344 e. The average molecular weight is 406 g/mol. The van der Waals surface area contributed by atoms with Gasteiger partial charge in [-0.1, -0.05) is 30.3 Å². The minimum absolute atomic E-state index is 0.289. The van der Waals surface area contributed by atoms with E-state index in [0.717, 1.165) is 40.5 Å². The van der Waals surface area contributed by atoms with Gasteiger partial charge in [0.05, 0.1) is 5.56 Å². The lowest BCUT2D eigenvalue weighted by atomic mass is 10.1. The molecule has 7 heteroatoms. The fourth-order valence-corrected chi connectivity index (χ4v) is 4.62. The Kier molecular flexibility index (Phi) is 5.45. The van der Waals surface area contributed by atoms with E-state index in [4.69, 9.17) is 9.47 Å². The molecule has 1 heterocycles. The third-order valence-corrected chi connectivity index (χ3v) is 5.94. The molecule has 2 aromatic carbocycles. The lowest BCUT2D eigenvalue weighted by molar-refractivity contribution is -0.149. The van der Waals surface area contributed by atoms with Gasteiger partial charge in [-0.25, -0.2) is 4.79 Å². The SMILES string of the molecule is N#Cc1c(NC(=O)COC(=O)COc2ccc3ccccc3c2)sc2c1CCC2. The van der Waals surface area contributed by atoms with Gasteiger partial charge in [-0.2, -0.15) is 5.26 Å². The van der Waals surface area contributed by atoms with Gasteiger partial charge in [-0.3, -0.25) is 4.79 Å². The first-order valence-electron chi connectivity index (χ1n) is 9.26. The van der Waals surface area contributed by atoms with Gasteiger partial charge in [0.25, 0.3) is 5.91 Å². The number of rotatable bonds is 6. The number of anilines is 1. The van der Waals surface area contributed by atoms with Crippen molar-refractivity contribution in [3.63, 3.8) is 0 Å². The molecule has 0 spiro atoms. The molecule has 0 unspecified atom stereocenters. The zero-order chi connectivity index (χ0) is 20.2. The minimum Gasteiger partial charge on any atom is -0.482 e. The second-order valence-electron chi connectivity index (χ2n) is 6.68.